The van der Waals surface area contributed by atoms with Gasteiger partial charge in [0.15, 0.2) is 6.61 Å². The second kappa shape index (κ2) is 11.8. The van der Waals surface area contributed by atoms with Gasteiger partial charge >= 0.3 is 11.7 Å². The number of anilines is 3. The molecule has 0 fully saturated rings. The molecular formula is C21H18Cl2N6O6. The Morgan fingerprint density at radius 2 is 1.80 bits per heavy atom. The van der Waals surface area contributed by atoms with Crippen molar-refractivity contribution in [2.75, 3.05) is 24.0 Å². The molecule has 3 aromatic rings. The van der Waals surface area contributed by atoms with E-state index in [1.807, 2.05) is 0 Å². The smallest absolute Gasteiger partial charge is 0.355 e. The van der Waals surface area contributed by atoms with Crippen LogP contribution in [0, 0.1) is 10.1 Å². The summed E-state index contributed by atoms with van der Waals surface area (Å²) < 4.78 is 10.2. The number of benzene rings is 2. The predicted molar refractivity (Wildman–Crippen MR) is 128 cm³/mol. The molecule has 0 saturated carbocycles. The number of halogens is 2. The Morgan fingerprint density at radius 1 is 1.09 bits per heavy atom. The average molecular weight is 521 g/mol. The van der Waals surface area contributed by atoms with E-state index >= 15 is 0 Å². The number of nitrogens with zero attached hydrogens (tertiary/aromatic N) is 3. The first-order valence-electron chi connectivity index (χ1n) is 9.94. The molecule has 0 atom stereocenters. The first-order chi connectivity index (χ1) is 16.8. The Kier molecular flexibility index (Phi) is 8.59. The van der Waals surface area contributed by atoms with E-state index in [4.69, 9.17) is 32.7 Å². The van der Waals surface area contributed by atoms with Gasteiger partial charge in [0.05, 0.1) is 22.1 Å². The van der Waals surface area contributed by atoms with Crippen LogP contribution in [0.4, 0.5) is 23.0 Å². The number of esters is 1. The van der Waals surface area contributed by atoms with E-state index in [9.17, 15) is 19.7 Å². The second-order valence-electron chi connectivity index (χ2n) is 6.64. The van der Waals surface area contributed by atoms with Gasteiger partial charge in [-0.3, -0.25) is 25.8 Å². The second-order valence-corrected chi connectivity index (χ2v) is 7.48. The number of hydrogen-bond donors (Lipinski definition) is 3. The molecule has 0 aliphatic carbocycles. The molecular weight excluding hydrogens is 503 g/mol. The van der Waals surface area contributed by atoms with Crippen molar-refractivity contribution in [2.24, 2.45) is 0 Å². The lowest BCUT2D eigenvalue weighted by Crippen LogP contribution is -2.34. The largest absolute Gasteiger partial charge is 0.482 e. The maximum atomic E-state index is 12.1. The number of nitrogens with one attached hydrogen (secondary N) is 3. The zero-order chi connectivity index (χ0) is 25.4. The fourth-order valence-corrected chi connectivity index (χ4v) is 3.14. The summed E-state index contributed by atoms with van der Waals surface area (Å²) in [5.74, 6) is -1.33. The van der Waals surface area contributed by atoms with E-state index in [-0.39, 0.29) is 29.0 Å². The molecule has 0 unspecified atom stereocenters. The molecule has 14 heteroatoms. The van der Waals surface area contributed by atoms with Gasteiger partial charge in [-0.25, -0.2) is 14.8 Å². The number of hydrogen-bond acceptors (Lipinski definition) is 10. The third-order valence-electron chi connectivity index (χ3n) is 4.24. The molecule has 12 nitrogen and oxygen atoms in total. The van der Waals surface area contributed by atoms with Crippen LogP contribution < -0.4 is 20.9 Å². The van der Waals surface area contributed by atoms with Crippen LogP contribution in [0.2, 0.25) is 10.0 Å². The van der Waals surface area contributed by atoms with Crippen LogP contribution >= 0.6 is 23.2 Å². The average Bonchev–Trinajstić information content (AvgIpc) is 2.82. The van der Waals surface area contributed by atoms with Gasteiger partial charge in [0.1, 0.15) is 12.1 Å². The minimum atomic E-state index is -0.714. The third-order valence-corrected chi connectivity index (χ3v) is 4.77. The van der Waals surface area contributed by atoms with Crippen molar-refractivity contribution < 1.29 is 24.0 Å². The van der Waals surface area contributed by atoms with Gasteiger partial charge in [-0.1, -0.05) is 23.2 Å². The summed E-state index contributed by atoms with van der Waals surface area (Å²) in [4.78, 5) is 42.6. The summed E-state index contributed by atoms with van der Waals surface area (Å²) >= 11 is 11.8. The van der Waals surface area contributed by atoms with Crippen LogP contribution in [0.3, 0.4) is 0 Å². The fourth-order valence-electron chi connectivity index (χ4n) is 2.68. The van der Waals surface area contributed by atoms with Gasteiger partial charge in [0.2, 0.25) is 11.6 Å². The van der Waals surface area contributed by atoms with Gasteiger partial charge in [-0.15, -0.1) is 0 Å². The summed E-state index contributed by atoms with van der Waals surface area (Å²) in [5.41, 5.74) is 4.87. The number of rotatable bonds is 10. The molecule has 1 heterocycles. The van der Waals surface area contributed by atoms with E-state index in [0.29, 0.717) is 16.3 Å². The summed E-state index contributed by atoms with van der Waals surface area (Å²) in [5, 5.41) is 15.1. The third kappa shape index (κ3) is 6.91. The molecule has 0 bridgehead atoms. The minimum Gasteiger partial charge on any atom is -0.482 e. The van der Waals surface area contributed by atoms with E-state index in [1.54, 1.807) is 13.0 Å². The number of aromatic nitrogens is 2. The standard InChI is InChI=1S/C21H18Cl2N6O6/c1-2-34-21(31)12-3-6-14(7-4-12)26-19-18(29(32)33)20(25-11-24-19)28-27-17(30)10-35-16-8-5-13(22)9-15(16)23/h3-9,11H,2,10H2,1H3,(H,27,30)(H2,24,25,26,28). The van der Waals surface area contributed by atoms with Crippen LogP contribution in [0.25, 0.3) is 0 Å². The van der Waals surface area contributed by atoms with Crippen LogP contribution in [0.15, 0.2) is 48.8 Å². The van der Waals surface area contributed by atoms with Crippen LogP contribution in [-0.2, 0) is 9.53 Å². The highest BCUT2D eigenvalue weighted by atomic mass is 35.5. The SMILES string of the molecule is CCOC(=O)c1ccc(Nc2ncnc(NNC(=O)COc3ccc(Cl)cc3Cl)c2[N+](=O)[O-])cc1. The molecule has 0 saturated heterocycles. The summed E-state index contributed by atoms with van der Waals surface area (Å²) in [6.45, 7) is 1.49. The Hall–Kier alpha value is -4.16. The zero-order valence-corrected chi connectivity index (χ0v) is 19.6. The number of carbonyl (C=O) groups is 2. The van der Waals surface area contributed by atoms with E-state index in [0.717, 1.165) is 6.33 Å². The van der Waals surface area contributed by atoms with Gasteiger partial charge in [0, 0.05) is 10.7 Å². The van der Waals surface area contributed by atoms with Crippen molar-refractivity contribution in [3.05, 3.63) is 74.5 Å². The van der Waals surface area contributed by atoms with Crippen LogP contribution in [-0.4, -0.2) is 40.0 Å². The molecule has 1 aromatic heterocycles. The van der Waals surface area contributed by atoms with Crippen molar-refractivity contribution >= 4 is 58.1 Å². The van der Waals surface area contributed by atoms with E-state index < -0.39 is 29.1 Å². The molecule has 3 N–H and O–H groups in total. The lowest BCUT2D eigenvalue weighted by Gasteiger charge is -2.12. The Balaban J connectivity index is 1.67. The lowest BCUT2D eigenvalue weighted by atomic mass is 10.2. The van der Waals surface area contributed by atoms with Crippen LogP contribution in [0.1, 0.15) is 17.3 Å². The number of ether oxygens (including phenoxy) is 2. The molecule has 1 amide bonds. The maximum absolute atomic E-state index is 12.1. The highest BCUT2D eigenvalue weighted by Crippen LogP contribution is 2.31. The number of carbonyl (C=O) groups excluding carboxylic acids is 2. The Labute approximate surface area is 208 Å². The first kappa shape index (κ1) is 25.5. The van der Waals surface area contributed by atoms with Gasteiger partial charge in [-0.05, 0) is 49.4 Å². The molecule has 35 heavy (non-hydrogen) atoms. The Bertz CT molecular complexity index is 1240. The summed E-state index contributed by atoms with van der Waals surface area (Å²) in [6, 6.07) is 10.6. The monoisotopic (exact) mass is 520 g/mol. The molecule has 0 aliphatic heterocycles. The van der Waals surface area contributed by atoms with Crippen molar-refractivity contribution in [3.8, 4) is 5.75 Å². The number of nitro groups is 1. The van der Waals surface area contributed by atoms with Gasteiger partial charge < -0.3 is 14.8 Å². The highest BCUT2D eigenvalue weighted by molar-refractivity contribution is 6.35. The van der Waals surface area contributed by atoms with E-state index in [2.05, 4.69) is 26.1 Å². The Morgan fingerprint density at radius 3 is 2.46 bits per heavy atom. The molecule has 2 aromatic carbocycles. The quantitative estimate of drug-likeness (QED) is 0.201. The van der Waals surface area contributed by atoms with E-state index in [1.165, 1.54) is 36.4 Å². The highest BCUT2D eigenvalue weighted by Gasteiger charge is 2.24. The fraction of sp³-hybridized carbons (Fsp3) is 0.143. The lowest BCUT2D eigenvalue weighted by molar-refractivity contribution is -0.383. The molecule has 0 radical (unpaired) electrons. The van der Waals surface area contributed by atoms with Gasteiger partial charge in [-0.2, -0.15) is 0 Å². The maximum Gasteiger partial charge on any atom is 0.355 e. The predicted octanol–water partition coefficient (Wildman–Crippen LogP) is 4.13. The number of hydrazine groups is 1. The van der Waals surface area contributed by atoms with Crippen molar-refractivity contribution in [2.45, 2.75) is 6.92 Å². The minimum absolute atomic E-state index is 0.144. The van der Waals surface area contributed by atoms with Crippen molar-refractivity contribution in [1.29, 1.82) is 0 Å². The molecule has 0 aliphatic rings. The van der Waals surface area contributed by atoms with Gasteiger partial charge in [0.25, 0.3) is 5.91 Å². The first-order valence-corrected chi connectivity index (χ1v) is 10.7. The molecule has 0 spiro atoms. The zero-order valence-electron chi connectivity index (χ0n) is 18.1. The number of amides is 1. The summed E-state index contributed by atoms with van der Waals surface area (Å²) in [7, 11) is 0. The van der Waals surface area contributed by atoms with Crippen molar-refractivity contribution in [1.82, 2.24) is 15.4 Å². The van der Waals surface area contributed by atoms with Crippen molar-refractivity contribution in [3.63, 3.8) is 0 Å². The molecule has 3 rings (SSSR count). The topological polar surface area (TPSA) is 158 Å². The molecule has 182 valence electrons. The summed E-state index contributed by atoms with van der Waals surface area (Å²) in [6.07, 6.45) is 1.07. The normalized spacial score (nSPS) is 10.3. The van der Waals surface area contributed by atoms with Crippen LogP contribution in [0.5, 0.6) is 5.75 Å².